The first kappa shape index (κ1) is 14.2. The van der Waals surface area contributed by atoms with Gasteiger partial charge in [-0.1, -0.05) is 30.4 Å². The Morgan fingerprint density at radius 3 is 2.68 bits per heavy atom. The van der Waals surface area contributed by atoms with Gasteiger partial charge in [0.25, 0.3) is 0 Å². The summed E-state index contributed by atoms with van der Waals surface area (Å²) >= 11 is 1.70. The van der Waals surface area contributed by atoms with Crippen molar-refractivity contribution < 1.29 is 0 Å². The van der Waals surface area contributed by atoms with Crippen LogP contribution in [-0.4, -0.2) is 23.3 Å². The minimum absolute atomic E-state index is 0.961. The number of benzene rings is 1. The first-order chi connectivity index (χ1) is 9.20. The minimum Gasteiger partial charge on any atom is -0.316 e. The molecule has 1 N–H and O–H groups in total. The first-order valence-electron chi connectivity index (χ1n) is 6.81. The van der Waals surface area contributed by atoms with Crippen molar-refractivity contribution in [1.82, 2.24) is 15.5 Å². The van der Waals surface area contributed by atoms with Crippen molar-refractivity contribution in [2.75, 3.05) is 13.1 Å². The molecule has 0 saturated carbocycles. The highest BCUT2D eigenvalue weighted by Gasteiger charge is 2.07. The van der Waals surface area contributed by atoms with Gasteiger partial charge in [-0.2, -0.15) is 0 Å². The highest BCUT2D eigenvalue weighted by Crippen LogP contribution is 2.25. The van der Waals surface area contributed by atoms with Crippen molar-refractivity contribution in [3.8, 4) is 10.6 Å². The van der Waals surface area contributed by atoms with Gasteiger partial charge in [0.1, 0.15) is 10.0 Å². The van der Waals surface area contributed by atoms with E-state index >= 15 is 0 Å². The molecule has 2 rings (SSSR count). The summed E-state index contributed by atoms with van der Waals surface area (Å²) in [5.74, 6) is 0. The molecule has 0 aliphatic carbocycles. The quantitative estimate of drug-likeness (QED) is 0.821. The van der Waals surface area contributed by atoms with Gasteiger partial charge in [-0.3, -0.25) is 0 Å². The molecule has 0 radical (unpaired) electrons. The van der Waals surface area contributed by atoms with E-state index in [-0.39, 0.29) is 0 Å². The van der Waals surface area contributed by atoms with E-state index in [0.29, 0.717) is 0 Å². The van der Waals surface area contributed by atoms with Gasteiger partial charge in [-0.05, 0) is 44.0 Å². The van der Waals surface area contributed by atoms with Crippen LogP contribution in [0.3, 0.4) is 0 Å². The second kappa shape index (κ2) is 6.78. The molecule has 0 aliphatic heterocycles. The predicted octanol–water partition coefficient (Wildman–Crippen LogP) is 3.36. The fourth-order valence-corrected chi connectivity index (χ4v) is 2.68. The Bertz CT molecular complexity index is 534. The zero-order chi connectivity index (χ0) is 13.7. The van der Waals surface area contributed by atoms with Crippen LogP contribution in [0.15, 0.2) is 18.2 Å². The topological polar surface area (TPSA) is 37.8 Å². The largest absolute Gasteiger partial charge is 0.316 e. The molecule has 2 aromatic rings. The van der Waals surface area contributed by atoms with E-state index in [1.54, 1.807) is 11.3 Å². The van der Waals surface area contributed by atoms with E-state index in [4.69, 9.17) is 0 Å². The number of nitrogens with zero attached hydrogens (tertiary/aromatic N) is 2. The molecule has 1 aromatic heterocycles. The van der Waals surface area contributed by atoms with Crippen LogP contribution < -0.4 is 5.32 Å². The number of hydrogen-bond donors (Lipinski definition) is 1. The summed E-state index contributed by atoms with van der Waals surface area (Å²) in [5.41, 5.74) is 3.80. The fraction of sp³-hybridized carbons (Fsp3) is 0.467. The second-order valence-electron chi connectivity index (χ2n) is 4.80. The molecule has 0 unspecified atom stereocenters. The van der Waals surface area contributed by atoms with Crippen molar-refractivity contribution in [3.05, 3.63) is 34.3 Å². The van der Waals surface area contributed by atoms with Crippen molar-refractivity contribution in [2.24, 2.45) is 0 Å². The Morgan fingerprint density at radius 2 is 1.95 bits per heavy atom. The fourth-order valence-electron chi connectivity index (χ4n) is 1.84. The van der Waals surface area contributed by atoms with Gasteiger partial charge in [0.05, 0.1) is 0 Å². The van der Waals surface area contributed by atoms with Crippen LogP contribution in [-0.2, 0) is 6.42 Å². The average molecular weight is 275 g/mol. The van der Waals surface area contributed by atoms with Gasteiger partial charge in [0.15, 0.2) is 0 Å². The molecule has 102 valence electrons. The highest BCUT2D eigenvalue weighted by atomic mass is 32.1. The molecular weight excluding hydrogens is 254 g/mol. The maximum absolute atomic E-state index is 4.30. The molecule has 1 heterocycles. The van der Waals surface area contributed by atoms with E-state index in [2.05, 4.69) is 54.5 Å². The van der Waals surface area contributed by atoms with Gasteiger partial charge in [-0.25, -0.2) is 0 Å². The van der Waals surface area contributed by atoms with Crippen LogP contribution in [0.4, 0.5) is 0 Å². The number of hydrogen-bond acceptors (Lipinski definition) is 4. The molecule has 0 fully saturated rings. The van der Waals surface area contributed by atoms with Crippen molar-refractivity contribution in [3.63, 3.8) is 0 Å². The Morgan fingerprint density at radius 1 is 1.11 bits per heavy atom. The lowest BCUT2D eigenvalue weighted by Gasteiger charge is -2.01. The lowest BCUT2D eigenvalue weighted by Crippen LogP contribution is -2.17. The number of rotatable bonds is 6. The molecule has 0 aliphatic rings. The molecule has 0 saturated heterocycles. The van der Waals surface area contributed by atoms with E-state index in [9.17, 15) is 0 Å². The summed E-state index contributed by atoms with van der Waals surface area (Å²) in [6.07, 6.45) is 2.13. The Kier molecular flexibility index (Phi) is 5.05. The summed E-state index contributed by atoms with van der Waals surface area (Å²) in [5, 5.41) is 14.1. The smallest absolute Gasteiger partial charge is 0.147 e. The first-order valence-corrected chi connectivity index (χ1v) is 7.63. The third kappa shape index (κ3) is 3.85. The van der Waals surface area contributed by atoms with Crippen molar-refractivity contribution >= 4 is 11.3 Å². The zero-order valence-electron chi connectivity index (χ0n) is 11.9. The number of aromatic nitrogens is 2. The van der Waals surface area contributed by atoms with Crippen LogP contribution in [0.1, 0.15) is 29.5 Å². The summed E-state index contributed by atoms with van der Waals surface area (Å²) in [4.78, 5) is 0. The minimum atomic E-state index is 0.961. The molecule has 0 atom stereocenters. The predicted molar refractivity (Wildman–Crippen MR) is 81.7 cm³/mol. The number of aryl methyl sites for hydroxylation is 2. The zero-order valence-corrected chi connectivity index (χ0v) is 12.7. The lowest BCUT2D eigenvalue weighted by molar-refractivity contribution is 0.668. The number of nitrogens with one attached hydrogen (secondary N) is 1. The van der Waals surface area contributed by atoms with E-state index in [1.165, 1.54) is 23.1 Å². The maximum Gasteiger partial charge on any atom is 0.147 e. The summed E-state index contributed by atoms with van der Waals surface area (Å²) in [6.45, 7) is 8.49. The second-order valence-corrected chi connectivity index (χ2v) is 5.86. The van der Waals surface area contributed by atoms with Crippen LogP contribution >= 0.6 is 11.3 Å². The standard InChI is InChI=1S/C15H21N3S/c1-4-8-16-9-7-14-17-18-15(19-14)13-6-5-11(2)12(3)10-13/h5-6,10,16H,4,7-9H2,1-3H3. The van der Waals surface area contributed by atoms with Crippen LogP contribution in [0.25, 0.3) is 10.6 Å². The lowest BCUT2D eigenvalue weighted by atomic mass is 10.1. The van der Waals surface area contributed by atoms with Gasteiger partial charge in [0.2, 0.25) is 0 Å². The molecule has 0 spiro atoms. The van der Waals surface area contributed by atoms with Crippen molar-refractivity contribution in [1.29, 1.82) is 0 Å². The van der Waals surface area contributed by atoms with Gasteiger partial charge in [0, 0.05) is 18.5 Å². The van der Waals surface area contributed by atoms with Crippen LogP contribution in [0, 0.1) is 13.8 Å². The third-order valence-corrected chi connectivity index (χ3v) is 4.20. The van der Waals surface area contributed by atoms with Crippen LogP contribution in [0.2, 0.25) is 0 Å². The summed E-state index contributed by atoms with van der Waals surface area (Å²) < 4.78 is 0. The summed E-state index contributed by atoms with van der Waals surface area (Å²) in [7, 11) is 0. The van der Waals surface area contributed by atoms with Crippen LogP contribution in [0.5, 0.6) is 0 Å². The Balaban J connectivity index is 2.01. The highest BCUT2D eigenvalue weighted by molar-refractivity contribution is 7.14. The molecule has 3 nitrogen and oxygen atoms in total. The van der Waals surface area contributed by atoms with Gasteiger partial charge in [-0.15, -0.1) is 10.2 Å². The Hall–Kier alpha value is -1.26. The molecular formula is C15H21N3S. The molecule has 19 heavy (non-hydrogen) atoms. The molecule has 0 bridgehead atoms. The summed E-state index contributed by atoms with van der Waals surface area (Å²) in [6, 6.07) is 6.46. The third-order valence-electron chi connectivity index (χ3n) is 3.16. The average Bonchev–Trinajstić information content (AvgIpc) is 2.87. The van der Waals surface area contributed by atoms with E-state index in [1.807, 2.05) is 0 Å². The SMILES string of the molecule is CCCNCCc1nnc(-c2ccc(C)c(C)c2)s1. The van der Waals surface area contributed by atoms with E-state index < -0.39 is 0 Å². The Labute approximate surface area is 119 Å². The monoisotopic (exact) mass is 275 g/mol. The van der Waals surface area contributed by atoms with Crippen molar-refractivity contribution in [2.45, 2.75) is 33.6 Å². The van der Waals surface area contributed by atoms with Gasteiger partial charge >= 0.3 is 0 Å². The normalized spacial score (nSPS) is 10.9. The maximum atomic E-state index is 4.30. The van der Waals surface area contributed by atoms with E-state index in [0.717, 1.165) is 29.5 Å². The molecule has 1 aromatic carbocycles. The molecule has 0 amide bonds. The molecule has 4 heteroatoms. The van der Waals surface area contributed by atoms with Gasteiger partial charge < -0.3 is 5.32 Å².